The van der Waals surface area contributed by atoms with Gasteiger partial charge in [-0.25, -0.2) is 4.79 Å². The highest BCUT2D eigenvalue weighted by molar-refractivity contribution is 5.94. The fraction of sp³-hybridized carbons (Fsp3) is 0.500. The fourth-order valence-electron chi connectivity index (χ4n) is 2.96. The minimum atomic E-state index is -0.406. The molecule has 0 aliphatic carbocycles. The number of benzene rings is 1. The molecular formula is C16H20N2O3. The van der Waals surface area contributed by atoms with Crippen LogP contribution in [0.3, 0.4) is 0 Å². The first-order valence-corrected chi connectivity index (χ1v) is 7.32. The predicted octanol–water partition coefficient (Wildman–Crippen LogP) is 2.02. The van der Waals surface area contributed by atoms with E-state index in [1.54, 1.807) is 0 Å². The Morgan fingerprint density at radius 1 is 1.24 bits per heavy atom. The molecule has 2 heterocycles. The van der Waals surface area contributed by atoms with Gasteiger partial charge < -0.3 is 15.0 Å². The highest BCUT2D eigenvalue weighted by Crippen LogP contribution is 2.29. The molecule has 112 valence electrons. The molecule has 3 rings (SSSR count). The Labute approximate surface area is 124 Å². The summed E-state index contributed by atoms with van der Waals surface area (Å²) in [6, 6.07) is 5.81. The lowest BCUT2D eigenvalue weighted by atomic mass is 9.91. The van der Waals surface area contributed by atoms with Crippen molar-refractivity contribution in [3.05, 3.63) is 34.9 Å². The third kappa shape index (κ3) is 2.60. The SMILES string of the molecule is Cc1ccc(C(=O)N2CCC3(CC2)CNC(=O)O3)cc1C. The van der Waals surface area contributed by atoms with E-state index < -0.39 is 5.60 Å². The molecule has 1 N–H and O–H groups in total. The average Bonchev–Trinajstić information content (AvgIpc) is 2.83. The lowest BCUT2D eigenvalue weighted by Gasteiger charge is -2.37. The van der Waals surface area contributed by atoms with E-state index in [-0.39, 0.29) is 12.0 Å². The number of alkyl carbamates (subject to hydrolysis) is 1. The highest BCUT2D eigenvalue weighted by atomic mass is 16.6. The highest BCUT2D eigenvalue weighted by Gasteiger charge is 2.43. The van der Waals surface area contributed by atoms with Crippen molar-refractivity contribution in [2.75, 3.05) is 19.6 Å². The van der Waals surface area contributed by atoms with Crippen molar-refractivity contribution in [2.45, 2.75) is 32.3 Å². The second kappa shape index (κ2) is 5.06. The Morgan fingerprint density at radius 2 is 1.95 bits per heavy atom. The van der Waals surface area contributed by atoms with E-state index in [0.29, 0.717) is 32.5 Å². The third-order valence-electron chi connectivity index (χ3n) is 4.58. The van der Waals surface area contributed by atoms with E-state index in [9.17, 15) is 9.59 Å². The summed E-state index contributed by atoms with van der Waals surface area (Å²) in [7, 11) is 0. The Balaban J connectivity index is 1.67. The van der Waals surface area contributed by atoms with Crippen LogP contribution in [0, 0.1) is 13.8 Å². The normalized spacial score (nSPS) is 20.3. The molecule has 0 radical (unpaired) electrons. The van der Waals surface area contributed by atoms with Crippen LogP contribution in [0.25, 0.3) is 0 Å². The van der Waals surface area contributed by atoms with Crippen molar-refractivity contribution in [1.82, 2.24) is 10.2 Å². The van der Waals surface area contributed by atoms with Crippen LogP contribution in [-0.4, -0.2) is 42.1 Å². The zero-order chi connectivity index (χ0) is 15.0. The Kier molecular flexibility index (Phi) is 3.35. The Bertz CT molecular complexity index is 589. The smallest absolute Gasteiger partial charge is 0.407 e. The number of ether oxygens (including phenoxy) is 1. The molecular weight excluding hydrogens is 268 g/mol. The molecule has 1 aromatic carbocycles. The number of likely N-dealkylation sites (tertiary alicyclic amines) is 1. The Hall–Kier alpha value is -2.04. The number of rotatable bonds is 1. The predicted molar refractivity (Wildman–Crippen MR) is 78.3 cm³/mol. The first-order chi connectivity index (χ1) is 9.99. The monoisotopic (exact) mass is 288 g/mol. The van der Waals surface area contributed by atoms with Gasteiger partial charge in [0, 0.05) is 31.5 Å². The summed E-state index contributed by atoms with van der Waals surface area (Å²) in [5.74, 6) is 0.0604. The maximum atomic E-state index is 12.5. The quantitative estimate of drug-likeness (QED) is 0.860. The van der Waals surface area contributed by atoms with Gasteiger partial charge in [0.15, 0.2) is 0 Å². The van der Waals surface area contributed by atoms with E-state index in [2.05, 4.69) is 5.32 Å². The van der Waals surface area contributed by atoms with Crippen molar-refractivity contribution in [3.8, 4) is 0 Å². The average molecular weight is 288 g/mol. The first kappa shape index (κ1) is 13.9. The zero-order valence-corrected chi connectivity index (χ0v) is 12.4. The summed E-state index contributed by atoms with van der Waals surface area (Å²) >= 11 is 0. The lowest BCUT2D eigenvalue weighted by Crippen LogP contribution is -2.48. The molecule has 5 nitrogen and oxygen atoms in total. The summed E-state index contributed by atoms with van der Waals surface area (Å²) in [5.41, 5.74) is 2.64. The molecule has 0 aromatic heterocycles. The number of nitrogens with one attached hydrogen (secondary N) is 1. The van der Waals surface area contributed by atoms with Gasteiger partial charge >= 0.3 is 6.09 Å². The van der Waals surface area contributed by atoms with Gasteiger partial charge in [-0.3, -0.25) is 4.79 Å². The fourth-order valence-corrected chi connectivity index (χ4v) is 2.96. The number of hydrogen-bond donors (Lipinski definition) is 1. The number of aryl methyl sites for hydroxylation is 2. The van der Waals surface area contributed by atoms with E-state index in [1.807, 2.05) is 36.9 Å². The number of amides is 2. The van der Waals surface area contributed by atoms with Gasteiger partial charge in [0.25, 0.3) is 5.91 Å². The van der Waals surface area contributed by atoms with Gasteiger partial charge in [0.05, 0.1) is 6.54 Å². The van der Waals surface area contributed by atoms with Crippen molar-refractivity contribution >= 4 is 12.0 Å². The summed E-state index contributed by atoms with van der Waals surface area (Å²) in [6.07, 6.45) is 1.05. The van der Waals surface area contributed by atoms with Gasteiger partial charge in [-0.15, -0.1) is 0 Å². The van der Waals surface area contributed by atoms with Crippen LogP contribution in [0.1, 0.15) is 34.3 Å². The summed E-state index contributed by atoms with van der Waals surface area (Å²) in [6.45, 7) is 5.86. The van der Waals surface area contributed by atoms with Crippen molar-refractivity contribution in [2.24, 2.45) is 0 Å². The molecule has 0 unspecified atom stereocenters. The van der Waals surface area contributed by atoms with Crippen LogP contribution in [-0.2, 0) is 4.74 Å². The lowest BCUT2D eigenvalue weighted by molar-refractivity contribution is 0.00331. The van der Waals surface area contributed by atoms with Crippen LogP contribution < -0.4 is 5.32 Å². The van der Waals surface area contributed by atoms with Gasteiger partial charge in [-0.2, -0.15) is 0 Å². The molecule has 2 aliphatic heterocycles. The van der Waals surface area contributed by atoms with Crippen LogP contribution in [0.5, 0.6) is 0 Å². The largest absolute Gasteiger partial charge is 0.441 e. The van der Waals surface area contributed by atoms with Crippen molar-refractivity contribution < 1.29 is 14.3 Å². The number of nitrogens with zero attached hydrogens (tertiary/aromatic N) is 1. The molecule has 0 atom stereocenters. The molecule has 2 fully saturated rings. The van der Waals surface area contributed by atoms with Crippen molar-refractivity contribution in [3.63, 3.8) is 0 Å². The summed E-state index contributed by atoms with van der Waals surface area (Å²) in [5, 5.41) is 2.70. The summed E-state index contributed by atoms with van der Waals surface area (Å²) in [4.78, 5) is 25.6. The molecule has 5 heteroatoms. The van der Waals surface area contributed by atoms with Crippen molar-refractivity contribution in [1.29, 1.82) is 0 Å². The maximum absolute atomic E-state index is 12.5. The molecule has 0 bridgehead atoms. The first-order valence-electron chi connectivity index (χ1n) is 7.32. The van der Waals surface area contributed by atoms with E-state index >= 15 is 0 Å². The molecule has 1 spiro atoms. The number of piperidine rings is 1. The molecule has 2 aliphatic rings. The Morgan fingerprint density at radius 3 is 2.52 bits per heavy atom. The second-order valence-corrected chi connectivity index (χ2v) is 6.02. The summed E-state index contributed by atoms with van der Waals surface area (Å²) < 4.78 is 5.37. The number of carbonyl (C=O) groups is 2. The molecule has 2 amide bonds. The maximum Gasteiger partial charge on any atom is 0.407 e. The van der Waals surface area contributed by atoms with E-state index in [1.165, 1.54) is 5.56 Å². The third-order valence-corrected chi connectivity index (χ3v) is 4.58. The van der Waals surface area contributed by atoms with Crippen LogP contribution >= 0.6 is 0 Å². The minimum absolute atomic E-state index is 0.0604. The number of hydrogen-bond acceptors (Lipinski definition) is 3. The van der Waals surface area contributed by atoms with Gasteiger partial charge in [0.2, 0.25) is 0 Å². The second-order valence-electron chi connectivity index (χ2n) is 6.02. The van der Waals surface area contributed by atoms with Gasteiger partial charge in [0.1, 0.15) is 5.60 Å². The zero-order valence-electron chi connectivity index (χ0n) is 12.4. The van der Waals surface area contributed by atoms with E-state index in [0.717, 1.165) is 11.1 Å². The van der Waals surface area contributed by atoms with Gasteiger partial charge in [-0.1, -0.05) is 6.07 Å². The molecule has 0 saturated carbocycles. The van der Waals surface area contributed by atoms with Crippen LogP contribution in [0.2, 0.25) is 0 Å². The van der Waals surface area contributed by atoms with E-state index in [4.69, 9.17) is 4.74 Å². The standard InChI is InChI=1S/C16H20N2O3/c1-11-3-4-13(9-12(11)2)14(19)18-7-5-16(6-8-18)10-17-15(20)21-16/h3-4,9H,5-8,10H2,1-2H3,(H,17,20). The topological polar surface area (TPSA) is 58.6 Å². The number of carbonyl (C=O) groups excluding carboxylic acids is 2. The molecule has 2 saturated heterocycles. The van der Waals surface area contributed by atoms with Crippen LogP contribution in [0.4, 0.5) is 4.79 Å². The molecule has 1 aromatic rings. The minimum Gasteiger partial charge on any atom is -0.441 e. The van der Waals surface area contributed by atoms with Crippen LogP contribution in [0.15, 0.2) is 18.2 Å². The molecule has 21 heavy (non-hydrogen) atoms. The van der Waals surface area contributed by atoms with Gasteiger partial charge in [-0.05, 0) is 37.1 Å².